The van der Waals surface area contributed by atoms with Gasteiger partial charge in [0.15, 0.2) is 0 Å². The molecular weight excluding hydrogens is 421 g/mol. The summed E-state index contributed by atoms with van der Waals surface area (Å²) in [5.74, 6) is -2.54. The molecule has 2 amide bonds. The van der Waals surface area contributed by atoms with Crippen LogP contribution < -0.4 is 4.90 Å². The smallest absolute Gasteiger partial charge is 0.240 e. The number of alkyl halides is 2. The van der Waals surface area contributed by atoms with Crippen LogP contribution in [0.15, 0.2) is 72.8 Å². The number of aromatic hydroxyl groups is 1. The average Bonchev–Trinajstić information content (AvgIpc) is 3.03. The summed E-state index contributed by atoms with van der Waals surface area (Å²) in [4.78, 5) is 26.1. The molecule has 2 atom stereocenters. The van der Waals surface area contributed by atoms with E-state index in [0.717, 1.165) is 27.2 Å². The summed E-state index contributed by atoms with van der Waals surface area (Å²) >= 11 is 14.7. The monoisotopic (exact) mass is 435 g/mol. The average molecular weight is 436 g/mol. The van der Waals surface area contributed by atoms with Crippen molar-refractivity contribution in [2.75, 3.05) is 4.90 Å². The molecule has 1 heterocycles. The van der Waals surface area contributed by atoms with Gasteiger partial charge < -0.3 is 5.11 Å². The molecule has 148 valence electrons. The fraction of sp³-hybridized carbons (Fsp3) is 0.167. The van der Waals surface area contributed by atoms with Crippen LogP contribution in [0.2, 0.25) is 0 Å². The second-order valence-corrected chi connectivity index (χ2v) is 9.19. The summed E-state index contributed by atoms with van der Waals surface area (Å²) in [6.45, 7) is 0. The molecular formula is C24H15Cl2NO3. The molecule has 0 radical (unpaired) electrons. The maximum absolute atomic E-state index is 13.7. The van der Waals surface area contributed by atoms with Crippen molar-refractivity contribution in [3.8, 4) is 5.75 Å². The number of anilines is 1. The first-order chi connectivity index (χ1) is 14.4. The van der Waals surface area contributed by atoms with E-state index in [1.165, 1.54) is 12.1 Å². The molecule has 0 saturated carbocycles. The molecule has 1 saturated heterocycles. The first-order valence-corrected chi connectivity index (χ1v) is 10.4. The normalized spacial score (nSPS) is 30.8. The number of benzene rings is 3. The zero-order chi connectivity index (χ0) is 20.8. The van der Waals surface area contributed by atoms with Crippen LogP contribution in [0.4, 0.5) is 5.69 Å². The Morgan fingerprint density at radius 3 is 1.53 bits per heavy atom. The van der Waals surface area contributed by atoms with Crippen LogP contribution in [0.5, 0.6) is 5.75 Å². The minimum absolute atomic E-state index is 0.0290. The molecule has 4 aliphatic rings. The van der Waals surface area contributed by atoms with E-state index in [0.29, 0.717) is 5.69 Å². The lowest BCUT2D eigenvalue weighted by Crippen LogP contribution is -2.57. The number of phenolic OH excluding ortho intramolecular Hbond substituents is 1. The number of amides is 2. The van der Waals surface area contributed by atoms with Gasteiger partial charge in [0.1, 0.15) is 15.5 Å². The standard InChI is InChI=1S/C24H15Cl2NO3/c25-23-15-8-1-2-9-16(15)24(26,18-11-4-3-10-17(18)23)20-19(23)21(29)27(22(20)30)13-6-5-7-14(28)12-13/h1-12,19-20,28H/t19-,20-,23?,24?/m0/s1. The molecule has 0 unspecified atom stereocenters. The van der Waals surface area contributed by atoms with Crippen LogP contribution in [0.25, 0.3) is 0 Å². The Bertz CT molecular complexity index is 1150. The van der Waals surface area contributed by atoms with Gasteiger partial charge in [-0.15, -0.1) is 23.2 Å². The molecule has 3 aliphatic carbocycles. The Balaban J connectivity index is 1.67. The summed E-state index contributed by atoms with van der Waals surface area (Å²) in [7, 11) is 0. The molecule has 1 aliphatic heterocycles. The van der Waals surface area contributed by atoms with E-state index in [1.807, 2.05) is 48.5 Å². The van der Waals surface area contributed by atoms with Gasteiger partial charge in [0.05, 0.1) is 17.5 Å². The first-order valence-electron chi connectivity index (χ1n) is 9.64. The van der Waals surface area contributed by atoms with Crippen molar-refractivity contribution in [1.82, 2.24) is 0 Å². The first kappa shape index (κ1) is 18.0. The molecule has 4 nitrogen and oxygen atoms in total. The van der Waals surface area contributed by atoms with E-state index >= 15 is 0 Å². The van der Waals surface area contributed by atoms with E-state index in [9.17, 15) is 14.7 Å². The lowest BCUT2D eigenvalue weighted by atomic mass is 9.54. The summed E-state index contributed by atoms with van der Waals surface area (Å²) in [5, 5.41) is 9.90. The van der Waals surface area contributed by atoms with E-state index in [2.05, 4.69) is 0 Å². The van der Waals surface area contributed by atoms with E-state index in [-0.39, 0.29) is 5.75 Å². The van der Waals surface area contributed by atoms with Gasteiger partial charge in [-0.2, -0.15) is 0 Å². The van der Waals surface area contributed by atoms with Gasteiger partial charge in [-0.1, -0.05) is 54.6 Å². The Morgan fingerprint density at radius 2 is 1.13 bits per heavy atom. The largest absolute Gasteiger partial charge is 0.508 e. The Hall–Kier alpha value is -2.82. The highest BCUT2D eigenvalue weighted by atomic mass is 35.5. The van der Waals surface area contributed by atoms with Crippen LogP contribution in [-0.2, 0) is 19.3 Å². The molecule has 30 heavy (non-hydrogen) atoms. The zero-order valence-electron chi connectivity index (χ0n) is 15.5. The lowest BCUT2D eigenvalue weighted by Gasteiger charge is -2.54. The van der Waals surface area contributed by atoms with Crippen LogP contribution >= 0.6 is 23.2 Å². The third-order valence-corrected chi connectivity index (χ3v) is 7.96. The number of nitrogens with zero attached hydrogens (tertiary/aromatic N) is 1. The molecule has 3 aromatic carbocycles. The predicted octanol–water partition coefficient (Wildman–Crippen LogP) is 4.49. The maximum atomic E-state index is 13.7. The van der Waals surface area contributed by atoms with Gasteiger partial charge in [-0.3, -0.25) is 9.59 Å². The Kier molecular flexibility index (Phi) is 3.39. The highest BCUT2D eigenvalue weighted by Crippen LogP contribution is 2.69. The SMILES string of the molecule is O=C1[C@@H]2[C@@H](C(=O)N1c1cccc(O)c1)C1(Cl)c3ccccc3C2(Cl)c2ccccc21. The van der Waals surface area contributed by atoms with Crippen LogP contribution in [0.3, 0.4) is 0 Å². The highest BCUT2D eigenvalue weighted by Gasteiger charge is 2.73. The molecule has 0 aromatic heterocycles. The number of carbonyl (C=O) groups is 2. The van der Waals surface area contributed by atoms with Gasteiger partial charge in [-0.25, -0.2) is 4.90 Å². The molecule has 1 N–H and O–H groups in total. The van der Waals surface area contributed by atoms with Crippen molar-refractivity contribution in [2.24, 2.45) is 11.8 Å². The number of carbonyl (C=O) groups excluding carboxylic acids is 2. The third kappa shape index (κ3) is 1.85. The second-order valence-electron chi connectivity index (χ2n) is 8.00. The Morgan fingerprint density at radius 1 is 0.700 bits per heavy atom. The third-order valence-electron chi connectivity index (χ3n) is 6.67. The predicted molar refractivity (Wildman–Crippen MR) is 114 cm³/mol. The van der Waals surface area contributed by atoms with E-state index in [4.69, 9.17) is 23.2 Å². The number of hydrogen-bond acceptors (Lipinski definition) is 3. The number of halogens is 2. The van der Waals surface area contributed by atoms with Crippen molar-refractivity contribution in [3.05, 3.63) is 95.1 Å². The summed E-state index contributed by atoms with van der Waals surface area (Å²) in [5.41, 5.74) is 3.37. The van der Waals surface area contributed by atoms with Gasteiger partial charge in [-0.05, 0) is 34.4 Å². The van der Waals surface area contributed by atoms with Crippen molar-refractivity contribution in [1.29, 1.82) is 0 Å². The van der Waals surface area contributed by atoms with Crippen LogP contribution in [-0.4, -0.2) is 16.9 Å². The Labute approximate surface area is 182 Å². The van der Waals surface area contributed by atoms with Crippen molar-refractivity contribution >= 4 is 40.7 Å². The fourth-order valence-corrected chi connectivity index (χ4v) is 6.65. The van der Waals surface area contributed by atoms with Crippen molar-refractivity contribution < 1.29 is 14.7 Å². The minimum atomic E-state index is -1.20. The molecule has 2 bridgehead atoms. The molecule has 6 heteroatoms. The summed E-state index contributed by atoms with van der Waals surface area (Å²) in [6, 6.07) is 21.1. The number of rotatable bonds is 1. The van der Waals surface area contributed by atoms with Gasteiger partial charge in [0.2, 0.25) is 11.8 Å². The zero-order valence-corrected chi connectivity index (χ0v) is 17.1. The quantitative estimate of drug-likeness (QED) is 0.452. The number of phenols is 1. The van der Waals surface area contributed by atoms with Crippen molar-refractivity contribution in [2.45, 2.75) is 9.75 Å². The van der Waals surface area contributed by atoms with Gasteiger partial charge in [0.25, 0.3) is 0 Å². The molecule has 1 fully saturated rings. The minimum Gasteiger partial charge on any atom is -0.508 e. The van der Waals surface area contributed by atoms with Crippen LogP contribution in [0, 0.1) is 11.8 Å². The van der Waals surface area contributed by atoms with E-state index < -0.39 is 33.4 Å². The second kappa shape index (κ2) is 5.65. The number of hydrogen-bond donors (Lipinski definition) is 1. The number of imide groups is 1. The van der Waals surface area contributed by atoms with Gasteiger partial charge in [0, 0.05) is 6.07 Å². The molecule has 3 aromatic rings. The van der Waals surface area contributed by atoms with Crippen LogP contribution in [0.1, 0.15) is 22.3 Å². The summed E-state index contributed by atoms with van der Waals surface area (Å²) < 4.78 is 0. The lowest BCUT2D eigenvalue weighted by molar-refractivity contribution is -0.122. The van der Waals surface area contributed by atoms with E-state index in [1.54, 1.807) is 12.1 Å². The maximum Gasteiger partial charge on any atom is 0.240 e. The molecule has 7 rings (SSSR count). The van der Waals surface area contributed by atoms with Crippen molar-refractivity contribution in [3.63, 3.8) is 0 Å². The fourth-order valence-electron chi connectivity index (χ4n) is 5.55. The summed E-state index contributed by atoms with van der Waals surface area (Å²) in [6.07, 6.45) is 0. The topological polar surface area (TPSA) is 57.6 Å². The van der Waals surface area contributed by atoms with Gasteiger partial charge >= 0.3 is 0 Å². The molecule has 0 spiro atoms. The highest BCUT2D eigenvalue weighted by molar-refractivity contribution is 6.38.